The molecule has 0 bridgehead atoms. The van der Waals surface area contributed by atoms with Crippen molar-refractivity contribution in [2.75, 3.05) is 46.4 Å². The number of hydrogen-bond acceptors (Lipinski definition) is 5. The number of methoxy groups -OCH3 is 1. The molecule has 6 nitrogen and oxygen atoms in total. The number of amides is 1. The lowest BCUT2D eigenvalue weighted by molar-refractivity contribution is -0.123. The summed E-state index contributed by atoms with van der Waals surface area (Å²) < 4.78 is 5.03. The van der Waals surface area contributed by atoms with Crippen LogP contribution in [-0.2, 0) is 9.53 Å². The van der Waals surface area contributed by atoms with Crippen molar-refractivity contribution in [1.29, 1.82) is 0 Å². The van der Waals surface area contributed by atoms with Gasteiger partial charge in [-0.2, -0.15) is 0 Å². The molecule has 0 spiro atoms. The van der Waals surface area contributed by atoms with Gasteiger partial charge in [0.05, 0.1) is 13.2 Å². The molecule has 2 heterocycles. The van der Waals surface area contributed by atoms with Gasteiger partial charge in [0.25, 0.3) is 0 Å². The number of nitrogens with one attached hydrogen (secondary N) is 1. The zero-order chi connectivity index (χ0) is 15.2. The Balaban J connectivity index is 1.69. The molecule has 1 amide bonds. The van der Waals surface area contributed by atoms with Gasteiger partial charge in [0.1, 0.15) is 0 Å². The summed E-state index contributed by atoms with van der Waals surface area (Å²) in [5, 5.41) is 2.97. The topological polar surface area (TPSA) is 70.8 Å². The molecule has 0 aromatic carbocycles. The summed E-state index contributed by atoms with van der Waals surface area (Å²) in [5.74, 6) is 0.0980. The first-order valence-electron chi connectivity index (χ1n) is 8.08. The van der Waals surface area contributed by atoms with Crippen molar-refractivity contribution in [3.8, 4) is 0 Å². The highest BCUT2D eigenvalue weighted by Crippen LogP contribution is 2.19. The minimum absolute atomic E-state index is 0.0736. The van der Waals surface area contributed by atoms with Crippen LogP contribution in [0.3, 0.4) is 0 Å². The molecule has 0 aromatic heterocycles. The monoisotopic (exact) mass is 298 g/mol. The minimum Gasteiger partial charge on any atom is -0.383 e. The normalized spacial score (nSPS) is 26.9. The molecule has 2 aliphatic heterocycles. The second-order valence-corrected chi connectivity index (χ2v) is 6.47. The van der Waals surface area contributed by atoms with E-state index in [1.807, 2.05) is 6.92 Å². The summed E-state index contributed by atoms with van der Waals surface area (Å²) in [6, 6.07) is 1.05. The maximum absolute atomic E-state index is 12.0. The predicted molar refractivity (Wildman–Crippen MR) is 83.1 cm³/mol. The fourth-order valence-corrected chi connectivity index (χ4v) is 3.35. The molecule has 6 heteroatoms. The van der Waals surface area contributed by atoms with Crippen LogP contribution in [0, 0.1) is 0 Å². The number of likely N-dealkylation sites (tertiary alicyclic amines) is 2. The molecule has 0 radical (unpaired) electrons. The van der Waals surface area contributed by atoms with Crippen molar-refractivity contribution in [2.24, 2.45) is 5.73 Å². The van der Waals surface area contributed by atoms with Gasteiger partial charge in [0.15, 0.2) is 0 Å². The number of rotatable bonds is 6. The molecule has 2 atom stereocenters. The number of piperidine rings is 1. The first-order chi connectivity index (χ1) is 10.1. The van der Waals surface area contributed by atoms with Crippen LogP contribution in [-0.4, -0.2) is 80.3 Å². The summed E-state index contributed by atoms with van der Waals surface area (Å²) in [5.41, 5.74) is 5.96. The lowest BCUT2D eigenvalue weighted by Gasteiger charge is -2.34. The molecule has 3 N–H and O–H groups in total. The Morgan fingerprint density at radius 3 is 2.71 bits per heavy atom. The molecular weight excluding hydrogens is 268 g/mol. The fraction of sp³-hybridized carbons (Fsp3) is 0.933. The Hall–Kier alpha value is -0.690. The van der Waals surface area contributed by atoms with Crippen LogP contribution in [0.4, 0.5) is 0 Å². The van der Waals surface area contributed by atoms with Crippen molar-refractivity contribution in [3.05, 3.63) is 0 Å². The third-order valence-corrected chi connectivity index (χ3v) is 4.53. The molecule has 21 heavy (non-hydrogen) atoms. The van der Waals surface area contributed by atoms with Gasteiger partial charge in [0, 0.05) is 38.3 Å². The first kappa shape index (κ1) is 16.7. The van der Waals surface area contributed by atoms with Crippen LogP contribution in [0.2, 0.25) is 0 Å². The molecule has 2 saturated heterocycles. The molecule has 122 valence electrons. The Labute approximate surface area is 128 Å². The van der Waals surface area contributed by atoms with Gasteiger partial charge in [-0.25, -0.2) is 0 Å². The number of carbonyl (C=O) groups excluding carboxylic acids is 1. The zero-order valence-corrected chi connectivity index (χ0v) is 13.4. The van der Waals surface area contributed by atoms with Crippen LogP contribution in [0.15, 0.2) is 0 Å². The van der Waals surface area contributed by atoms with Crippen molar-refractivity contribution in [3.63, 3.8) is 0 Å². The lowest BCUT2D eigenvalue weighted by Crippen LogP contribution is -2.47. The highest BCUT2D eigenvalue weighted by Gasteiger charge is 2.30. The molecule has 0 aliphatic carbocycles. The van der Waals surface area contributed by atoms with Gasteiger partial charge in [-0.05, 0) is 39.3 Å². The number of ether oxygens (including phenoxy) is 1. The van der Waals surface area contributed by atoms with Gasteiger partial charge in [-0.3, -0.25) is 14.6 Å². The van der Waals surface area contributed by atoms with Crippen LogP contribution < -0.4 is 11.1 Å². The number of nitrogens with zero attached hydrogens (tertiary/aromatic N) is 2. The number of carbonyl (C=O) groups is 1. The summed E-state index contributed by atoms with van der Waals surface area (Å²) in [6.07, 6.45) is 3.37. The van der Waals surface area contributed by atoms with Crippen LogP contribution in [0.5, 0.6) is 0 Å². The van der Waals surface area contributed by atoms with E-state index < -0.39 is 0 Å². The van der Waals surface area contributed by atoms with E-state index in [1.54, 1.807) is 7.11 Å². The van der Waals surface area contributed by atoms with E-state index in [0.717, 1.165) is 45.4 Å². The third kappa shape index (κ3) is 5.21. The highest BCUT2D eigenvalue weighted by molar-refractivity contribution is 5.78. The van der Waals surface area contributed by atoms with Crippen molar-refractivity contribution < 1.29 is 9.53 Å². The maximum atomic E-state index is 12.0. The van der Waals surface area contributed by atoms with Crippen molar-refractivity contribution in [2.45, 2.75) is 44.3 Å². The SMILES string of the molecule is COCC(C)NC(=O)CN1CCC(N2CCC(N)CC2)C1. The molecule has 2 unspecified atom stereocenters. The van der Waals surface area contributed by atoms with Crippen LogP contribution in [0.1, 0.15) is 26.2 Å². The Morgan fingerprint density at radius 2 is 2.05 bits per heavy atom. The first-order valence-corrected chi connectivity index (χ1v) is 8.08. The predicted octanol–water partition coefficient (Wildman–Crippen LogP) is -0.365. The fourth-order valence-electron chi connectivity index (χ4n) is 3.35. The van der Waals surface area contributed by atoms with Crippen molar-refractivity contribution in [1.82, 2.24) is 15.1 Å². The van der Waals surface area contributed by atoms with E-state index in [1.165, 1.54) is 0 Å². The van der Waals surface area contributed by atoms with Crippen molar-refractivity contribution >= 4 is 5.91 Å². The van der Waals surface area contributed by atoms with Gasteiger partial charge in [0.2, 0.25) is 5.91 Å². The smallest absolute Gasteiger partial charge is 0.234 e. The third-order valence-electron chi connectivity index (χ3n) is 4.53. The van der Waals surface area contributed by atoms with Gasteiger partial charge in [-0.1, -0.05) is 0 Å². The molecular formula is C15H30N4O2. The number of nitrogens with two attached hydrogens (primary N) is 1. The Bertz CT molecular complexity index is 332. The summed E-state index contributed by atoms with van der Waals surface area (Å²) in [6.45, 7) is 7.25. The average molecular weight is 298 g/mol. The van der Waals surface area contributed by atoms with Crippen LogP contribution in [0.25, 0.3) is 0 Å². The largest absolute Gasteiger partial charge is 0.383 e. The van der Waals surface area contributed by atoms with Gasteiger partial charge >= 0.3 is 0 Å². The molecule has 2 aliphatic rings. The summed E-state index contributed by atoms with van der Waals surface area (Å²) >= 11 is 0. The van der Waals surface area contributed by atoms with Gasteiger partial charge < -0.3 is 15.8 Å². The van der Waals surface area contributed by atoms with E-state index in [0.29, 0.717) is 25.2 Å². The van der Waals surface area contributed by atoms with Gasteiger partial charge in [-0.15, -0.1) is 0 Å². The minimum atomic E-state index is 0.0736. The average Bonchev–Trinajstić information content (AvgIpc) is 2.88. The Morgan fingerprint density at radius 1 is 1.33 bits per heavy atom. The molecule has 0 saturated carbocycles. The summed E-state index contributed by atoms with van der Waals surface area (Å²) in [7, 11) is 1.65. The highest BCUT2D eigenvalue weighted by atomic mass is 16.5. The maximum Gasteiger partial charge on any atom is 0.234 e. The van der Waals surface area contributed by atoms with E-state index in [9.17, 15) is 4.79 Å². The zero-order valence-electron chi connectivity index (χ0n) is 13.4. The standard InChI is InChI=1S/C15H30N4O2/c1-12(11-21-2)17-15(20)10-18-6-5-14(9-18)19-7-3-13(16)4-8-19/h12-14H,3-11,16H2,1-2H3,(H,17,20). The second kappa shape index (κ2) is 8.08. The number of hydrogen-bond donors (Lipinski definition) is 2. The molecule has 2 fully saturated rings. The van der Waals surface area contributed by atoms with Crippen LogP contribution >= 0.6 is 0 Å². The molecule has 2 rings (SSSR count). The van der Waals surface area contributed by atoms with E-state index in [2.05, 4.69) is 15.1 Å². The second-order valence-electron chi connectivity index (χ2n) is 6.47. The van der Waals surface area contributed by atoms with E-state index >= 15 is 0 Å². The summed E-state index contributed by atoms with van der Waals surface area (Å²) in [4.78, 5) is 16.8. The quantitative estimate of drug-likeness (QED) is 0.700. The Kier molecular flexibility index (Phi) is 6.41. The molecule has 0 aromatic rings. The van der Waals surface area contributed by atoms with E-state index in [4.69, 9.17) is 10.5 Å². The lowest BCUT2D eigenvalue weighted by atomic mass is 10.0. The van der Waals surface area contributed by atoms with E-state index in [-0.39, 0.29) is 11.9 Å².